The lowest BCUT2D eigenvalue weighted by Gasteiger charge is -2.18. The first-order chi connectivity index (χ1) is 20.5. The topological polar surface area (TPSA) is 162 Å². The van der Waals surface area contributed by atoms with Crippen molar-refractivity contribution in [1.29, 1.82) is 0 Å². The maximum atomic E-state index is 13.4. The number of nitrogens with zero attached hydrogens (tertiary/aromatic N) is 3. The Balaban J connectivity index is 1.44. The van der Waals surface area contributed by atoms with Gasteiger partial charge in [0.05, 0.1) is 17.4 Å². The third kappa shape index (κ3) is 5.98. The van der Waals surface area contributed by atoms with E-state index in [0.717, 1.165) is 29.7 Å². The van der Waals surface area contributed by atoms with Crippen molar-refractivity contribution in [3.05, 3.63) is 88.1 Å². The van der Waals surface area contributed by atoms with Gasteiger partial charge in [-0.15, -0.1) is 0 Å². The number of primary amides is 1. The third-order valence-electron chi connectivity index (χ3n) is 8.07. The minimum Gasteiger partial charge on any atom is -0.364 e. The molecular weight excluding hydrogens is 568 g/mol. The van der Waals surface area contributed by atoms with E-state index in [-0.39, 0.29) is 35.8 Å². The van der Waals surface area contributed by atoms with Crippen LogP contribution in [0.5, 0.6) is 0 Å². The van der Waals surface area contributed by atoms with Crippen LogP contribution in [0.1, 0.15) is 81.1 Å². The van der Waals surface area contributed by atoms with Crippen LogP contribution in [0.4, 0.5) is 5.88 Å². The molecule has 2 atom stereocenters. The fraction of sp³-hybridized carbons (Fsp3) is 0.355. The number of anilines is 1. The normalized spacial score (nSPS) is 15.9. The highest BCUT2D eigenvalue weighted by atomic mass is 32.2. The van der Waals surface area contributed by atoms with E-state index in [1.807, 2.05) is 43.3 Å². The molecule has 5 rings (SSSR count). The molecule has 0 saturated carbocycles. The summed E-state index contributed by atoms with van der Waals surface area (Å²) in [6.45, 7) is 7.98. The van der Waals surface area contributed by atoms with Gasteiger partial charge in [0.15, 0.2) is 5.82 Å². The van der Waals surface area contributed by atoms with E-state index in [1.54, 1.807) is 37.5 Å². The molecule has 1 aliphatic heterocycles. The maximum Gasteiger partial charge on any atom is 0.267 e. The minimum atomic E-state index is -3.86. The molecule has 1 saturated heterocycles. The summed E-state index contributed by atoms with van der Waals surface area (Å²) < 4.78 is 36.0. The zero-order valence-corrected chi connectivity index (χ0v) is 25.5. The lowest BCUT2D eigenvalue weighted by molar-refractivity contribution is 0.0937. The number of aryl methyl sites for hydroxylation is 2. The van der Waals surface area contributed by atoms with E-state index in [4.69, 9.17) is 10.3 Å². The molecule has 1 amide bonds. The number of aromatic nitrogens is 3. The Morgan fingerprint density at radius 1 is 1.16 bits per heavy atom. The van der Waals surface area contributed by atoms with Crippen molar-refractivity contribution in [2.24, 2.45) is 5.73 Å². The van der Waals surface area contributed by atoms with Gasteiger partial charge in [0.25, 0.3) is 5.91 Å². The molecule has 43 heavy (non-hydrogen) atoms. The van der Waals surface area contributed by atoms with E-state index in [2.05, 4.69) is 20.2 Å². The SMILES string of the molecule is CCc1nc(C(=O)[C@@H]2CCCN2)n(Cc2ccc(-c3ccccc3C(C)S(=O)(=O)Nc3onc(C)c3C)cc2)c1C(N)=O. The number of nitrogens with one attached hydrogen (secondary N) is 2. The smallest absolute Gasteiger partial charge is 0.267 e. The number of ketones is 1. The lowest BCUT2D eigenvalue weighted by Crippen LogP contribution is -2.33. The predicted molar refractivity (Wildman–Crippen MR) is 163 cm³/mol. The number of carbonyl (C=O) groups excluding carboxylic acids is 2. The van der Waals surface area contributed by atoms with E-state index in [9.17, 15) is 18.0 Å². The second-order valence-corrected chi connectivity index (χ2v) is 12.8. The van der Waals surface area contributed by atoms with E-state index < -0.39 is 21.2 Å². The minimum absolute atomic E-state index is 0.105. The molecular formula is C31H36N6O5S. The van der Waals surface area contributed by atoms with Crippen molar-refractivity contribution in [2.75, 3.05) is 11.3 Å². The standard InChI is InChI=1S/C31H36N6O5S/c1-5-25-27(29(32)39)37(30(34-25)28(38)26-11-8-16-33-26)17-21-12-14-22(15-13-21)24-10-7-6-9-23(24)20(4)43(40,41)36-31-18(2)19(3)35-42-31/h6-7,9-10,12-15,20,26,33,36H,5,8,11,16-17H2,1-4H3,(H2,32,39)/t20?,26-/m0/s1. The van der Waals surface area contributed by atoms with Crippen LogP contribution in [0.25, 0.3) is 11.1 Å². The van der Waals surface area contributed by atoms with Crippen molar-refractivity contribution in [3.8, 4) is 11.1 Å². The van der Waals surface area contributed by atoms with Crippen molar-refractivity contribution in [3.63, 3.8) is 0 Å². The average Bonchev–Trinajstić information content (AvgIpc) is 3.73. The van der Waals surface area contributed by atoms with Crippen molar-refractivity contribution in [2.45, 2.75) is 64.8 Å². The van der Waals surface area contributed by atoms with Crippen LogP contribution in [0.2, 0.25) is 0 Å². The predicted octanol–water partition coefficient (Wildman–Crippen LogP) is 4.30. The van der Waals surface area contributed by atoms with Gasteiger partial charge in [-0.25, -0.2) is 13.4 Å². The number of sulfonamides is 1. The molecule has 1 unspecified atom stereocenters. The summed E-state index contributed by atoms with van der Waals surface area (Å²) in [6, 6.07) is 14.6. The maximum absolute atomic E-state index is 13.4. The van der Waals surface area contributed by atoms with E-state index >= 15 is 0 Å². The molecule has 0 spiro atoms. The molecule has 226 valence electrons. The number of nitrogens with two attached hydrogens (primary N) is 1. The summed E-state index contributed by atoms with van der Waals surface area (Å²) in [5, 5.41) is 6.15. The zero-order chi connectivity index (χ0) is 30.9. The fourth-order valence-corrected chi connectivity index (χ4v) is 6.58. The molecule has 0 radical (unpaired) electrons. The first kappa shape index (κ1) is 30.2. The Labute approximate surface area is 250 Å². The van der Waals surface area contributed by atoms with Gasteiger partial charge in [0, 0.05) is 12.1 Å². The second kappa shape index (κ2) is 12.1. The quantitative estimate of drug-likeness (QED) is 0.213. The molecule has 11 nitrogen and oxygen atoms in total. The second-order valence-electron chi connectivity index (χ2n) is 10.8. The van der Waals surface area contributed by atoms with Gasteiger partial charge in [0.2, 0.25) is 21.7 Å². The Kier molecular flexibility index (Phi) is 8.52. The number of hydrogen-bond donors (Lipinski definition) is 3. The van der Waals surface area contributed by atoms with Crippen molar-refractivity contribution < 1.29 is 22.5 Å². The number of Topliss-reactive ketones (excluding diaryl/α,β-unsaturated/α-hetero) is 1. The molecule has 2 aromatic heterocycles. The largest absolute Gasteiger partial charge is 0.364 e. The van der Waals surface area contributed by atoms with Crippen molar-refractivity contribution in [1.82, 2.24) is 20.0 Å². The van der Waals surface area contributed by atoms with Crippen LogP contribution in [-0.4, -0.2) is 47.4 Å². The molecule has 12 heteroatoms. The molecule has 1 fully saturated rings. The van der Waals surface area contributed by atoms with Crippen molar-refractivity contribution >= 4 is 27.6 Å². The number of amides is 1. The van der Waals surface area contributed by atoms with Gasteiger partial charge >= 0.3 is 0 Å². The molecule has 2 aromatic carbocycles. The summed E-state index contributed by atoms with van der Waals surface area (Å²) in [6.07, 6.45) is 2.08. The van der Waals surface area contributed by atoms with E-state index in [1.165, 1.54) is 0 Å². The van der Waals surface area contributed by atoms with Gasteiger partial charge < -0.3 is 20.1 Å². The average molecular weight is 605 g/mol. The van der Waals surface area contributed by atoms with E-state index in [0.29, 0.717) is 35.4 Å². The molecule has 4 aromatic rings. The summed E-state index contributed by atoms with van der Waals surface area (Å²) in [4.78, 5) is 30.4. The highest BCUT2D eigenvalue weighted by Crippen LogP contribution is 2.34. The first-order valence-electron chi connectivity index (χ1n) is 14.3. The van der Waals surface area contributed by atoms with Crippen LogP contribution < -0.4 is 15.8 Å². The summed E-state index contributed by atoms with van der Waals surface area (Å²) in [5.41, 5.74) is 10.8. The number of hydrogen-bond acceptors (Lipinski definition) is 8. The molecule has 0 aliphatic carbocycles. The molecule has 0 bridgehead atoms. The number of carbonyl (C=O) groups is 2. The van der Waals surface area contributed by atoms with Crippen LogP contribution in [0.15, 0.2) is 53.1 Å². The Hall–Kier alpha value is -4.29. The highest BCUT2D eigenvalue weighted by molar-refractivity contribution is 7.92. The Bertz CT molecular complexity index is 1770. The molecule has 3 heterocycles. The number of rotatable bonds is 11. The van der Waals surface area contributed by atoms with Gasteiger partial charge in [-0.1, -0.05) is 60.6 Å². The first-order valence-corrected chi connectivity index (χ1v) is 15.9. The van der Waals surface area contributed by atoms with Gasteiger partial charge in [-0.3, -0.25) is 14.3 Å². The third-order valence-corrected chi connectivity index (χ3v) is 9.72. The molecule has 1 aliphatic rings. The summed E-state index contributed by atoms with van der Waals surface area (Å²) in [7, 11) is -3.86. The van der Waals surface area contributed by atoms with Gasteiger partial charge in [-0.05, 0) is 68.8 Å². The lowest BCUT2D eigenvalue weighted by atomic mass is 9.97. The molecule has 4 N–H and O–H groups in total. The summed E-state index contributed by atoms with van der Waals surface area (Å²) >= 11 is 0. The number of benzene rings is 2. The Morgan fingerprint density at radius 3 is 2.49 bits per heavy atom. The number of imidazole rings is 1. The zero-order valence-electron chi connectivity index (χ0n) is 24.7. The Morgan fingerprint density at radius 2 is 1.88 bits per heavy atom. The van der Waals surface area contributed by atoms with Gasteiger partial charge in [0.1, 0.15) is 10.9 Å². The highest BCUT2D eigenvalue weighted by Gasteiger charge is 2.31. The monoisotopic (exact) mass is 604 g/mol. The van der Waals surface area contributed by atoms with Crippen LogP contribution in [0, 0.1) is 13.8 Å². The van der Waals surface area contributed by atoms with Crippen LogP contribution in [0.3, 0.4) is 0 Å². The fourth-order valence-electron chi connectivity index (χ4n) is 5.41. The van der Waals surface area contributed by atoms with Crippen LogP contribution in [-0.2, 0) is 23.0 Å². The summed E-state index contributed by atoms with van der Waals surface area (Å²) in [5.74, 6) is -0.449. The van der Waals surface area contributed by atoms with Crippen LogP contribution >= 0.6 is 0 Å². The van der Waals surface area contributed by atoms with Gasteiger partial charge in [-0.2, -0.15) is 0 Å².